The Balaban J connectivity index is 1.95. The summed E-state index contributed by atoms with van der Waals surface area (Å²) in [4.78, 5) is 12.4. The lowest BCUT2D eigenvalue weighted by molar-refractivity contribution is 0.428. The number of aryl methyl sites for hydroxylation is 2. The summed E-state index contributed by atoms with van der Waals surface area (Å²) < 4.78 is 0. The van der Waals surface area contributed by atoms with E-state index >= 15 is 0 Å². The Hall–Kier alpha value is -1.10. The van der Waals surface area contributed by atoms with Gasteiger partial charge < -0.3 is 10.6 Å². The van der Waals surface area contributed by atoms with Gasteiger partial charge in [-0.25, -0.2) is 9.98 Å². The lowest BCUT2D eigenvalue weighted by atomic mass is 10.2. The van der Waals surface area contributed by atoms with Crippen LogP contribution in [0.2, 0.25) is 0 Å². The predicted octanol–water partition coefficient (Wildman–Crippen LogP) is 2.45. The van der Waals surface area contributed by atoms with Gasteiger partial charge in [-0.1, -0.05) is 12.8 Å². The first-order valence-corrected chi connectivity index (χ1v) is 7.46. The molecule has 0 spiro atoms. The molecule has 0 amide bonds. The summed E-state index contributed by atoms with van der Waals surface area (Å²) in [6.07, 6.45) is 5.08. The van der Waals surface area contributed by atoms with E-state index in [4.69, 9.17) is 5.73 Å². The van der Waals surface area contributed by atoms with Gasteiger partial charge in [-0.3, -0.25) is 0 Å². The van der Waals surface area contributed by atoms with Gasteiger partial charge in [0, 0.05) is 18.0 Å². The van der Waals surface area contributed by atoms with Crippen molar-refractivity contribution in [2.24, 2.45) is 10.7 Å². The summed E-state index contributed by atoms with van der Waals surface area (Å²) in [5, 5.41) is 1.06. The maximum atomic E-state index is 6.06. The van der Waals surface area contributed by atoms with Crippen LogP contribution in [0.15, 0.2) is 4.99 Å². The zero-order valence-electron chi connectivity index (χ0n) is 11.3. The summed E-state index contributed by atoms with van der Waals surface area (Å²) in [6, 6.07) is 0. The number of nitrogens with zero attached hydrogens (tertiary/aromatic N) is 3. The van der Waals surface area contributed by atoms with Crippen LogP contribution in [-0.2, 0) is 6.54 Å². The standard InChI is InChI=1S/C13H22N4S/c1-10-11(2)18-12(16-10)9-15-13(14)17-7-5-3-4-6-8-17/h3-9H2,1-2H3,(H2,14,15). The molecule has 0 radical (unpaired) electrons. The lowest BCUT2D eigenvalue weighted by Crippen LogP contribution is -2.38. The summed E-state index contributed by atoms with van der Waals surface area (Å²) in [7, 11) is 0. The Bertz CT molecular complexity index is 397. The number of aromatic nitrogens is 1. The summed E-state index contributed by atoms with van der Waals surface area (Å²) in [6.45, 7) is 6.84. The molecule has 0 aromatic carbocycles. The third-order valence-corrected chi connectivity index (χ3v) is 4.44. The fourth-order valence-electron chi connectivity index (χ4n) is 2.16. The molecule has 0 aliphatic carbocycles. The Labute approximate surface area is 113 Å². The molecule has 5 heteroatoms. The summed E-state index contributed by atoms with van der Waals surface area (Å²) in [5.41, 5.74) is 7.17. The molecule has 1 fully saturated rings. The maximum Gasteiger partial charge on any atom is 0.191 e. The highest BCUT2D eigenvalue weighted by Crippen LogP contribution is 2.17. The van der Waals surface area contributed by atoms with Crippen LogP contribution in [0.25, 0.3) is 0 Å². The van der Waals surface area contributed by atoms with Gasteiger partial charge in [0.2, 0.25) is 0 Å². The van der Waals surface area contributed by atoms with Gasteiger partial charge in [0.25, 0.3) is 0 Å². The zero-order valence-corrected chi connectivity index (χ0v) is 12.1. The van der Waals surface area contributed by atoms with Crippen LogP contribution in [0.5, 0.6) is 0 Å². The highest BCUT2D eigenvalue weighted by atomic mass is 32.1. The van der Waals surface area contributed by atoms with Crippen molar-refractivity contribution in [2.45, 2.75) is 46.1 Å². The third kappa shape index (κ3) is 3.45. The van der Waals surface area contributed by atoms with Gasteiger partial charge >= 0.3 is 0 Å². The first kappa shape index (κ1) is 13.3. The number of rotatable bonds is 2. The number of nitrogens with two attached hydrogens (primary N) is 1. The molecule has 18 heavy (non-hydrogen) atoms. The Morgan fingerprint density at radius 1 is 1.28 bits per heavy atom. The van der Waals surface area contributed by atoms with Crippen molar-refractivity contribution in [1.82, 2.24) is 9.88 Å². The highest BCUT2D eigenvalue weighted by Gasteiger charge is 2.11. The van der Waals surface area contributed by atoms with Gasteiger partial charge in [-0.2, -0.15) is 0 Å². The summed E-state index contributed by atoms with van der Waals surface area (Å²) in [5.74, 6) is 0.683. The van der Waals surface area contributed by atoms with Crippen LogP contribution in [0.4, 0.5) is 0 Å². The SMILES string of the molecule is Cc1nc(CN=C(N)N2CCCCCC2)sc1C. The van der Waals surface area contributed by atoms with Crippen LogP contribution in [0, 0.1) is 13.8 Å². The molecule has 1 aliphatic rings. The largest absolute Gasteiger partial charge is 0.370 e. The smallest absolute Gasteiger partial charge is 0.191 e. The van der Waals surface area contributed by atoms with Crippen molar-refractivity contribution < 1.29 is 0 Å². The van der Waals surface area contributed by atoms with Crippen LogP contribution < -0.4 is 5.73 Å². The molecule has 2 N–H and O–H groups in total. The van der Waals surface area contributed by atoms with Gasteiger partial charge in [-0.15, -0.1) is 11.3 Å². The first-order chi connectivity index (χ1) is 8.66. The van der Waals surface area contributed by atoms with Crippen molar-refractivity contribution in [2.75, 3.05) is 13.1 Å². The zero-order chi connectivity index (χ0) is 13.0. The molecule has 4 nitrogen and oxygen atoms in total. The van der Waals surface area contributed by atoms with Gasteiger partial charge in [0.15, 0.2) is 5.96 Å². The second kappa shape index (κ2) is 6.18. The van der Waals surface area contributed by atoms with Crippen LogP contribution >= 0.6 is 11.3 Å². The maximum absolute atomic E-state index is 6.06. The molecule has 1 aliphatic heterocycles. The Morgan fingerprint density at radius 2 is 1.94 bits per heavy atom. The van der Waals surface area contributed by atoms with Crippen molar-refractivity contribution in [3.63, 3.8) is 0 Å². The second-order valence-electron chi connectivity index (χ2n) is 4.82. The van der Waals surface area contributed by atoms with E-state index in [-0.39, 0.29) is 0 Å². The predicted molar refractivity (Wildman–Crippen MR) is 77.0 cm³/mol. The van der Waals surface area contributed by atoms with E-state index in [1.165, 1.54) is 30.6 Å². The molecule has 2 heterocycles. The van der Waals surface area contributed by atoms with Gasteiger partial charge in [-0.05, 0) is 26.7 Å². The van der Waals surface area contributed by atoms with Crippen LogP contribution in [0.1, 0.15) is 41.3 Å². The van der Waals surface area contributed by atoms with E-state index in [1.807, 2.05) is 6.92 Å². The molecular formula is C13H22N4S. The van der Waals surface area contributed by atoms with Crippen molar-refractivity contribution >= 4 is 17.3 Å². The van der Waals surface area contributed by atoms with E-state index in [2.05, 4.69) is 21.8 Å². The molecule has 1 aromatic heterocycles. The van der Waals surface area contributed by atoms with E-state index in [0.29, 0.717) is 12.5 Å². The number of aliphatic imine (C=N–C) groups is 1. The molecular weight excluding hydrogens is 244 g/mol. The monoisotopic (exact) mass is 266 g/mol. The number of thiazole rings is 1. The normalized spacial score (nSPS) is 17.9. The highest BCUT2D eigenvalue weighted by molar-refractivity contribution is 7.11. The third-order valence-electron chi connectivity index (χ3n) is 3.38. The minimum absolute atomic E-state index is 0.613. The topological polar surface area (TPSA) is 54.5 Å². The van der Waals surface area contributed by atoms with E-state index in [1.54, 1.807) is 11.3 Å². The van der Waals surface area contributed by atoms with Crippen LogP contribution in [0.3, 0.4) is 0 Å². The van der Waals surface area contributed by atoms with Crippen molar-refractivity contribution in [3.8, 4) is 0 Å². The number of likely N-dealkylation sites (tertiary alicyclic amines) is 1. The van der Waals surface area contributed by atoms with E-state index < -0.39 is 0 Å². The Morgan fingerprint density at radius 3 is 2.50 bits per heavy atom. The average Bonchev–Trinajstić information content (AvgIpc) is 2.60. The van der Waals surface area contributed by atoms with Crippen LogP contribution in [-0.4, -0.2) is 28.9 Å². The minimum Gasteiger partial charge on any atom is -0.370 e. The Kier molecular flexibility index (Phi) is 4.58. The van der Waals surface area contributed by atoms with Crippen molar-refractivity contribution in [3.05, 3.63) is 15.6 Å². The fraction of sp³-hybridized carbons (Fsp3) is 0.692. The van der Waals surface area contributed by atoms with E-state index in [9.17, 15) is 0 Å². The van der Waals surface area contributed by atoms with E-state index in [0.717, 1.165) is 23.8 Å². The molecule has 0 bridgehead atoms. The molecule has 0 unspecified atom stereocenters. The molecule has 0 atom stereocenters. The molecule has 1 aromatic rings. The van der Waals surface area contributed by atoms with Gasteiger partial charge in [0.05, 0.1) is 12.2 Å². The quantitative estimate of drug-likeness (QED) is 0.661. The average molecular weight is 266 g/mol. The number of hydrogen-bond acceptors (Lipinski definition) is 3. The van der Waals surface area contributed by atoms with Gasteiger partial charge in [0.1, 0.15) is 5.01 Å². The molecule has 0 saturated carbocycles. The fourth-order valence-corrected chi connectivity index (χ4v) is 3.01. The molecule has 2 rings (SSSR count). The second-order valence-corrected chi connectivity index (χ2v) is 6.11. The van der Waals surface area contributed by atoms with Crippen molar-refractivity contribution in [1.29, 1.82) is 0 Å². The first-order valence-electron chi connectivity index (χ1n) is 6.64. The summed E-state index contributed by atoms with van der Waals surface area (Å²) >= 11 is 1.71. The molecule has 100 valence electrons. The molecule has 1 saturated heterocycles. The number of guanidine groups is 1. The minimum atomic E-state index is 0.613. The number of hydrogen-bond donors (Lipinski definition) is 1. The lowest BCUT2D eigenvalue weighted by Gasteiger charge is -2.20.